The van der Waals surface area contributed by atoms with Crippen LogP contribution in [0.25, 0.3) is 6.08 Å². The molecular formula is C18H15Cl3N2O2. The summed E-state index contributed by atoms with van der Waals surface area (Å²) in [5, 5.41) is 6.74. The van der Waals surface area contributed by atoms with Crippen LogP contribution in [0.5, 0.6) is 0 Å². The summed E-state index contributed by atoms with van der Waals surface area (Å²) in [6.07, 6.45) is 4.12. The van der Waals surface area contributed by atoms with E-state index in [0.29, 0.717) is 43.7 Å². The summed E-state index contributed by atoms with van der Waals surface area (Å²) >= 11 is 18.0. The van der Waals surface area contributed by atoms with E-state index in [2.05, 4.69) is 10.6 Å². The Hall–Kier alpha value is -2.01. The van der Waals surface area contributed by atoms with Crippen molar-refractivity contribution < 1.29 is 9.59 Å². The molecule has 0 aliphatic rings. The molecule has 0 saturated carbocycles. The van der Waals surface area contributed by atoms with Crippen molar-refractivity contribution in [2.45, 2.75) is 6.42 Å². The minimum absolute atomic E-state index is 0.0910. The molecule has 2 aromatic carbocycles. The zero-order chi connectivity index (χ0) is 18.4. The zero-order valence-electron chi connectivity index (χ0n) is 13.3. The molecule has 25 heavy (non-hydrogen) atoms. The van der Waals surface area contributed by atoms with Crippen molar-refractivity contribution in [3.05, 3.63) is 68.3 Å². The van der Waals surface area contributed by atoms with E-state index >= 15 is 0 Å². The van der Waals surface area contributed by atoms with Gasteiger partial charge in [0.25, 0.3) is 0 Å². The Labute approximate surface area is 160 Å². The Balaban J connectivity index is 2.28. The maximum absolute atomic E-state index is 12.4. The van der Waals surface area contributed by atoms with Crippen LogP contribution in [0.2, 0.25) is 15.1 Å². The van der Waals surface area contributed by atoms with Gasteiger partial charge in [0.15, 0.2) is 6.29 Å². The van der Waals surface area contributed by atoms with E-state index in [9.17, 15) is 9.59 Å². The lowest BCUT2D eigenvalue weighted by atomic mass is 10.1. The lowest BCUT2D eigenvalue weighted by Crippen LogP contribution is -2.16. The van der Waals surface area contributed by atoms with Crippen molar-refractivity contribution in [3.63, 3.8) is 0 Å². The minimum atomic E-state index is -0.289. The highest BCUT2D eigenvalue weighted by Crippen LogP contribution is 2.30. The summed E-state index contributed by atoms with van der Waals surface area (Å²) < 4.78 is 0. The van der Waals surface area contributed by atoms with Gasteiger partial charge in [0.1, 0.15) is 0 Å². The number of hydrogen-bond acceptors (Lipinski definition) is 3. The maximum Gasteiger partial charge on any atom is 0.228 e. The van der Waals surface area contributed by atoms with Crippen LogP contribution in [-0.2, 0) is 11.2 Å². The summed E-state index contributed by atoms with van der Waals surface area (Å²) in [6, 6.07) is 8.15. The van der Waals surface area contributed by atoms with Crippen LogP contribution >= 0.6 is 34.8 Å². The molecule has 7 heteroatoms. The van der Waals surface area contributed by atoms with Crippen LogP contribution in [0, 0.1) is 0 Å². The van der Waals surface area contributed by atoms with Crippen molar-refractivity contribution in [2.75, 3.05) is 12.4 Å². The number of amides is 1. The van der Waals surface area contributed by atoms with Crippen LogP contribution in [0.1, 0.15) is 21.5 Å². The molecule has 2 N–H and O–H groups in total. The minimum Gasteiger partial charge on any atom is -0.394 e. The van der Waals surface area contributed by atoms with Crippen LogP contribution < -0.4 is 10.6 Å². The van der Waals surface area contributed by atoms with Gasteiger partial charge in [0.05, 0.1) is 27.2 Å². The molecule has 0 spiro atoms. The fourth-order valence-corrected chi connectivity index (χ4v) is 2.74. The van der Waals surface area contributed by atoms with E-state index in [0.717, 1.165) is 0 Å². The van der Waals surface area contributed by atoms with Gasteiger partial charge in [0.2, 0.25) is 5.91 Å². The molecule has 0 fully saturated rings. The summed E-state index contributed by atoms with van der Waals surface area (Å²) in [7, 11) is 1.73. The predicted molar refractivity (Wildman–Crippen MR) is 104 cm³/mol. The Morgan fingerprint density at radius 2 is 1.80 bits per heavy atom. The molecule has 1 amide bonds. The Bertz CT molecular complexity index is 835. The van der Waals surface area contributed by atoms with Gasteiger partial charge in [-0.2, -0.15) is 0 Å². The maximum atomic E-state index is 12.4. The molecule has 2 aromatic rings. The first-order chi connectivity index (χ1) is 12.0. The molecule has 0 saturated heterocycles. The highest BCUT2D eigenvalue weighted by Gasteiger charge is 2.14. The smallest absolute Gasteiger partial charge is 0.228 e. The number of halogens is 3. The van der Waals surface area contributed by atoms with Gasteiger partial charge in [-0.25, -0.2) is 0 Å². The SMILES string of the molecule is CN/C=C\c1c(C=O)ccc(Cl)c1NC(=O)Cc1ccc(Cl)c(Cl)c1. The summed E-state index contributed by atoms with van der Waals surface area (Å²) in [6.45, 7) is 0. The Kier molecular flexibility index (Phi) is 6.88. The molecule has 0 radical (unpaired) electrons. The van der Waals surface area contributed by atoms with Gasteiger partial charge in [-0.15, -0.1) is 0 Å². The Morgan fingerprint density at radius 1 is 1.08 bits per heavy atom. The number of hydrogen-bond donors (Lipinski definition) is 2. The first-order valence-corrected chi connectivity index (χ1v) is 8.45. The average Bonchev–Trinajstić information content (AvgIpc) is 2.58. The summed E-state index contributed by atoms with van der Waals surface area (Å²) in [4.78, 5) is 23.6. The summed E-state index contributed by atoms with van der Waals surface area (Å²) in [5.41, 5.74) is 2.03. The number of rotatable bonds is 6. The lowest BCUT2D eigenvalue weighted by Gasteiger charge is -2.13. The van der Waals surface area contributed by atoms with E-state index in [1.807, 2.05) is 0 Å². The van der Waals surface area contributed by atoms with Crippen LogP contribution in [-0.4, -0.2) is 19.2 Å². The number of nitrogens with one attached hydrogen (secondary N) is 2. The van der Waals surface area contributed by atoms with Gasteiger partial charge < -0.3 is 10.6 Å². The highest BCUT2D eigenvalue weighted by molar-refractivity contribution is 6.42. The van der Waals surface area contributed by atoms with Crippen molar-refractivity contribution in [1.82, 2.24) is 5.32 Å². The van der Waals surface area contributed by atoms with Crippen LogP contribution in [0.3, 0.4) is 0 Å². The van der Waals surface area contributed by atoms with E-state index < -0.39 is 0 Å². The molecule has 0 aliphatic heterocycles. The topological polar surface area (TPSA) is 58.2 Å². The quantitative estimate of drug-likeness (QED) is 0.686. The van der Waals surface area contributed by atoms with E-state index in [1.165, 1.54) is 0 Å². The van der Waals surface area contributed by atoms with Gasteiger partial charge in [0, 0.05) is 18.2 Å². The molecule has 130 valence electrons. The van der Waals surface area contributed by atoms with Crippen molar-refractivity contribution in [1.29, 1.82) is 0 Å². The number of aldehydes is 1. The largest absolute Gasteiger partial charge is 0.394 e. The normalized spacial score (nSPS) is 10.7. The van der Waals surface area contributed by atoms with Gasteiger partial charge >= 0.3 is 0 Å². The van der Waals surface area contributed by atoms with E-state index in [1.54, 1.807) is 49.7 Å². The number of anilines is 1. The standard InChI is InChI=1S/C18H15Cl3N2O2/c1-22-7-6-13-12(10-24)3-5-15(20)18(13)23-17(25)9-11-2-4-14(19)16(21)8-11/h2-8,10,22H,9H2,1H3,(H,23,25)/b7-6-. The number of carbonyl (C=O) groups excluding carboxylic acids is 2. The van der Waals surface area contributed by atoms with Crippen LogP contribution in [0.15, 0.2) is 36.5 Å². The monoisotopic (exact) mass is 396 g/mol. The second-order valence-corrected chi connectivity index (χ2v) is 6.36. The molecule has 0 heterocycles. The Morgan fingerprint density at radius 3 is 2.44 bits per heavy atom. The number of benzene rings is 2. The molecule has 0 atom stereocenters. The van der Waals surface area contributed by atoms with Gasteiger partial charge in [-0.05, 0) is 42.1 Å². The third-order valence-electron chi connectivity index (χ3n) is 3.39. The van der Waals surface area contributed by atoms with Gasteiger partial charge in [-0.1, -0.05) is 40.9 Å². The highest BCUT2D eigenvalue weighted by atomic mass is 35.5. The van der Waals surface area contributed by atoms with Gasteiger partial charge in [-0.3, -0.25) is 9.59 Å². The second-order valence-electron chi connectivity index (χ2n) is 5.14. The predicted octanol–water partition coefficient (Wildman–Crippen LogP) is 4.83. The molecule has 4 nitrogen and oxygen atoms in total. The molecule has 2 rings (SSSR count). The molecule has 0 aliphatic carbocycles. The van der Waals surface area contributed by atoms with Crippen LogP contribution in [0.4, 0.5) is 5.69 Å². The lowest BCUT2D eigenvalue weighted by molar-refractivity contribution is -0.115. The van der Waals surface area contributed by atoms with Crippen molar-refractivity contribution in [2.24, 2.45) is 0 Å². The second kappa shape index (κ2) is 8.90. The summed E-state index contributed by atoms with van der Waals surface area (Å²) in [5.74, 6) is -0.289. The van der Waals surface area contributed by atoms with Crippen molar-refractivity contribution in [3.8, 4) is 0 Å². The third kappa shape index (κ3) is 4.98. The molecule has 0 aromatic heterocycles. The fourth-order valence-electron chi connectivity index (χ4n) is 2.20. The molecule has 0 unspecified atom stereocenters. The third-order valence-corrected chi connectivity index (χ3v) is 4.44. The molecule has 0 bridgehead atoms. The zero-order valence-corrected chi connectivity index (χ0v) is 15.5. The molecular weight excluding hydrogens is 383 g/mol. The number of carbonyl (C=O) groups is 2. The van der Waals surface area contributed by atoms with E-state index in [4.69, 9.17) is 34.8 Å². The fraction of sp³-hybridized carbons (Fsp3) is 0.111. The van der Waals surface area contributed by atoms with E-state index in [-0.39, 0.29) is 12.3 Å². The van der Waals surface area contributed by atoms with Crippen molar-refractivity contribution >= 4 is 58.8 Å². The first-order valence-electron chi connectivity index (χ1n) is 7.31. The average molecular weight is 398 g/mol. The first kappa shape index (κ1) is 19.3.